The van der Waals surface area contributed by atoms with Gasteiger partial charge in [0, 0.05) is 25.7 Å². The number of amides is 1. The van der Waals surface area contributed by atoms with Crippen molar-refractivity contribution in [1.29, 1.82) is 0 Å². The van der Waals surface area contributed by atoms with Crippen LogP contribution in [-0.2, 0) is 21.2 Å². The molecule has 10 nitrogen and oxygen atoms in total. The molecule has 0 bridgehead atoms. The van der Waals surface area contributed by atoms with Gasteiger partial charge in [0.25, 0.3) is 0 Å². The maximum absolute atomic E-state index is 12.3. The van der Waals surface area contributed by atoms with Gasteiger partial charge in [-0.15, -0.1) is 0 Å². The van der Waals surface area contributed by atoms with Gasteiger partial charge in [0.15, 0.2) is 0 Å². The Morgan fingerprint density at radius 2 is 1.91 bits per heavy atom. The smallest absolute Gasteiger partial charge is 0.410 e. The molecule has 11 heteroatoms. The third kappa shape index (κ3) is 7.16. The Labute approximate surface area is 194 Å². The van der Waals surface area contributed by atoms with Crippen molar-refractivity contribution in [1.82, 2.24) is 14.9 Å². The molecule has 0 aliphatic carbocycles. The van der Waals surface area contributed by atoms with Crippen LogP contribution in [0.4, 0.5) is 16.6 Å². The maximum Gasteiger partial charge on any atom is 0.410 e. The number of aromatic nitrogens is 2. The van der Waals surface area contributed by atoms with Crippen LogP contribution >= 0.6 is 0 Å². The van der Waals surface area contributed by atoms with Crippen molar-refractivity contribution >= 4 is 33.5 Å². The Bertz CT molecular complexity index is 1140. The maximum atomic E-state index is 12.3. The lowest BCUT2D eigenvalue weighted by Crippen LogP contribution is -2.39. The van der Waals surface area contributed by atoms with Crippen molar-refractivity contribution < 1.29 is 17.9 Å². The molecule has 5 N–H and O–H groups in total. The summed E-state index contributed by atoms with van der Waals surface area (Å²) < 4.78 is 28.1. The highest BCUT2D eigenvalue weighted by Crippen LogP contribution is 2.24. The quantitative estimate of drug-likeness (QED) is 0.577. The minimum atomic E-state index is -3.70. The molecular weight excluding hydrogens is 444 g/mol. The molecule has 1 aliphatic rings. The van der Waals surface area contributed by atoms with Gasteiger partial charge in [0.05, 0.1) is 10.6 Å². The number of anilines is 2. The SMILES string of the molecule is CC(C)(C)OC(=O)N1CC=C(c2cc(NCCc3ccc(S(N)(=O)=O)cc3)nc(N)n2)CC1. The molecule has 1 aromatic heterocycles. The molecule has 2 heterocycles. The number of primary sulfonamides is 1. The van der Waals surface area contributed by atoms with E-state index in [1.807, 2.05) is 32.9 Å². The molecule has 33 heavy (non-hydrogen) atoms. The summed E-state index contributed by atoms with van der Waals surface area (Å²) in [5.74, 6) is 0.747. The second kappa shape index (κ2) is 9.75. The lowest BCUT2D eigenvalue weighted by atomic mass is 10.0. The highest BCUT2D eigenvalue weighted by molar-refractivity contribution is 7.89. The van der Waals surface area contributed by atoms with Crippen molar-refractivity contribution in [3.05, 3.63) is 47.7 Å². The van der Waals surface area contributed by atoms with Gasteiger partial charge in [0.2, 0.25) is 16.0 Å². The van der Waals surface area contributed by atoms with E-state index < -0.39 is 15.6 Å². The third-order valence-electron chi connectivity index (χ3n) is 4.90. The summed E-state index contributed by atoms with van der Waals surface area (Å²) >= 11 is 0. The van der Waals surface area contributed by atoms with E-state index in [1.165, 1.54) is 12.1 Å². The summed E-state index contributed by atoms with van der Waals surface area (Å²) in [5.41, 5.74) is 8.03. The second-order valence-electron chi connectivity index (χ2n) is 8.77. The van der Waals surface area contributed by atoms with E-state index in [0.29, 0.717) is 44.0 Å². The first-order valence-electron chi connectivity index (χ1n) is 10.6. The molecule has 0 spiro atoms. The average molecular weight is 475 g/mol. The molecule has 0 saturated heterocycles. The lowest BCUT2D eigenvalue weighted by molar-refractivity contribution is 0.0270. The molecule has 1 aliphatic heterocycles. The van der Waals surface area contributed by atoms with Crippen LogP contribution in [0.25, 0.3) is 5.57 Å². The highest BCUT2D eigenvalue weighted by atomic mass is 32.2. The van der Waals surface area contributed by atoms with Gasteiger partial charge in [-0.1, -0.05) is 18.2 Å². The second-order valence-corrected chi connectivity index (χ2v) is 10.3. The highest BCUT2D eigenvalue weighted by Gasteiger charge is 2.24. The van der Waals surface area contributed by atoms with E-state index in [-0.39, 0.29) is 16.9 Å². The fourth-order valence-corrected chi connectivity index (χ4v) is 3.81. The molecule has 2 aromatic rings. The van der Waals surface area contributed by atoms with Crippen molar-refractivity contribution in [2.24, 2.45) is 5.14 Å². The van der Waals surface area contributed by atoms with Crippen LogP contribution in [0.3, 0.4) is 0 Å². The number of sulfonamides is 1. The van der Waals surface area contributed by atoms with E-state index in [4.69, 9.17) is 15.6 Å². The number of nitrogens with one attached hydrogen (secondary N) is 1. The predicted molar refractivity (Wildman–Crippen MR) is 127 cm³/mol. The van der Waals surface area contributed by atoms with E-state index in [1.54, 1.807) is 17.0 Å². The molecule has 3 rings (SSSR count). The molecular formula is C22H30N6O4S. The first-order chi connectivity index (χ1) is 15.4. The number of ether oxygens (including phenoxy) is 1. The zero-order valence-corrected chi connectivity index (χ0v) is 19.9. The van der Waals surface area contributed by atoms with Crippen molar-refractivity contribution in [3.63, 3.8) is 0 Å². The number of carbonyl (C=O) groups is 1. The number of nitrogens with zero attached hydrogens (tertiary/aromatic N) is 3. The van der Waals surface area contributed by atoms with Crippen molar-refractivity contribution in [3.8, 4) is 0 Å². The molecule has 178 valence electrons. The van der Waals surface area contributed by atoms with Crippen LogP contribution in [0.1, 0.15) is 38.4 Å². The number of rotatable bonds is 6. The van der Waals surface area contributed by atoms with E-state index in [9.17, 15) is 13.2 Å². The molecule has 1 aromatic carbocycles. The van der Waals surface area contributed by atoms with E-state index in [0.717, 1.165) is 11.1 Å². The van der Waals surface area contributed by atoms with Gasteiger partial charge in [0.1, 0.15) is 11.4 Å². The molecule has 0 atom stereocenters. The topological polar surface area (TPSA) is 154 Å². The minimum Gasteiger partial charge on any atom is -0.444 e. The number of hydrogen-bond acceptors (Lipinski definition) is 8. The van der Waals surface area contributed by atoms with Gasteiger partial charge < -0.3 is 20.7 Å². The summed E-state index contributed by atoms with van der Waals surface area (Å²) in [6.45, 7) is 7.05. The van der Waals surface area contributed by atoms with Gasteiger partial charge in [-0.2, -0.15) is 4.98 Å². The number of nitrogens with two attached hydrogens (primary N) is 2. The van der Waals surface area contributed by atoms with Crippen LogP contribution in [0.2, 0.25) is 0 Å². The Kier molecular flexibility index (Phi) is 7.23. The monoisotopic (exact) mass is 474 g/mol. The van der Waals surface area contributed by atoms with Crippen LogP contribution < -0.4 is 16.2 Å². The Morgan fingerprint density at radius 3 is 2.48 bits per heavy atom. The molecule has 0 radical (unpaired) electrons. The predicted octanol–water partition coefficient (Wildman–Crippen LogP) is 2.39. The first-order valence-corrected chi connectivity index (χ1v) is 12.1. The molecule has 1 amide bonds. The van der Waals surface area contributed by atoms with Gasteiger partial charge in [-0.25, -0.2) is 23.3 Å². The Balaban J connectivity index is 1.60. The summed E-state index contributed by atoms with van der Waals surface area (Å²) in [6, 6.07) is 8.26. The van der Waals surface area contributed by atoms with Crippen molar-refractivity contribution in [2.75, 3.05) is 30.7 Å². The van der Waals surface area contributed by atoms with Crippen molar-refractivity contribution in [2.45, 2.75) is 44.1 Å². The standard InChI is InChI=1S/C22H30N6O4S/c1-22(2,3)32-21(29)28-12-9-16(10-13-28)18-14-19(27-20(23)26-18)25-11-8-15-4-6-17(7-5-15)33(24,30)31/h4-7,9,14H,8,10-13H2,1-3H3,(H2,24,30,31)(H3,23,25,26,27). The molecule has 0 unspecified atom stereocenters. The van der Waals surface area contributed by atoms with Crippen LogP contribution in [-0.4, -0.2) is 54.6 Å². The number of carbonyl (C=O) groups excluding carboxylic acids is 1. The average Bonchev–Trinajstić information content (AvgIpc) is 2.72. The third-order valence-corrected chi connectivity index (χ3v) is 5.83. The molecule has 0 fully saturated rings. The minimum absolute atomic E-state index is 0.0819. The van der Waals surface area contributed by atoms with Crippen LogP contribution in [0.15, 0.2) is 41.3 Å². The summed E-state index contributed by atoms with van der Waals surface area (Å²) in [7, 11) is -3.70. The first kappa shape index (κ1) is 24.5. The Hall–Kier alpha value is -3.18. The van der Waals surface area contributed by atoms with Gasteiger partial charge >= 0.3 is 6.09 Å². The fourth-order valence-electron chi connectivity index (χ4n) is 3.30. The number of benzene rings is 1. The van der Waals surface area contributed by atoms with E-state index >= 15 is 0 Å². The fraction of sp³-hybridized carbons (Fsp3) is 0.409. The zero-order chi connectivity index (χ0) is 24.2. The molecule has 0 saturated carbocycles. The van der Waals surface area contributed by atoms with E-state index in [2.05, 4.69) is 15.3 Å². The lowest BCUT2D eigenvalue weighted by Gasteiger charge is -2.29. The number of nitrogen functional groups attached to an aromatic ring is 1. The van der Waals surface area contributed by atoms with Crippen LogP contribution in [0, 0.1) is 0 Å². The van der Waals surface area contributed by atoms with Gasteiger partial charge in [-0.05, 0) is 56.9 Å². The Morgan fingerprint density at radius 1 is 1.21 bits per heavy atom. The summed E-state index contributed by atoms with van der Waals surface area (Å²) in [5, 5.41) is 8.35. The summed E-state index contributed by atoms with van der Waals surface area (Å²) in [4.78, 5) is 22.6. The summed E-state index contributed by atoms with van der Waals surface area (Å²) in [6.07, 6.45) is 2.90. The zero-order valence-electron chi connectivity index (χ0n) is 19.0. The van der Waals surface area contributed by atoms with Crippen LogP contribution in [0.5, 0.6) is 0 Å². The largest absolute Gasteiger partial charge is 0.444 e. The normalized spacial score (nSPS) is 14.5. The van der Waals surface area contributed by atoms with Gasteiger partial charge in [-0.3, -0.25) is 0 Å². The number of hydrogen-bond donors (Lipinski definition) is 3.